The van der Waals surface area contributed by atoms with E-state index < -0.39 is 0 Å². The van der Waals surface area contributed by atoms with Crippen LogP contribution in [0.15, 0.2) is 18.6 Å². The summed E-state index contributed by atoms with van der Waals surface area (Å²) in [6.07, 6.45) is 3.27. The van der Waals surface area contributed by atoms with E-state index in [0.717, 1.165) is 25.4 Å². The molecule has 1 fully saturated rings. The Morgan fingerprint density at radius 1 is 1.47 bits per heavy atom. The minimum Gasteiger partial charge on any atom is -0.369 e. The molecule has 0 aliphatic carbocycles. The predicted octanol–water partition coefficient (Wildman–Crippen LogP) is -0.215. The van der Waals surface area contributed by atoms with Crippen LogP contribution in [0, 0.1) is 0 Å². The Morgan fingerprint density at radius 2 is 2.47 bits per heavy atom. The van der Waals surface area contributed by atoms with Crippen molar-refractivity contribution >= 4 is 5.78 Å². The molecular weight excluding hydrogens is 194 g/mol. The van der Waals surface area contributed by atoms with E-state index in [0.29, 0.717) is 5.78 Å². The Morgan fingerprint density at radius 3 is 3.33 bits per heavy atom. The van der Waals surface area contributed by atoms with Crippen molar-refractivity contribution in [3.05, 3.63) is 24.3 Å². The van der Waals surface area contributed by atoms with Gasteiger partial charge in [0.2, 0.25) is 0 Å². The third kappa shape index (κ3) is 1.47. The summed E-state index contributed by atoms with van der Waals surface area (Å²) in [5.41, 5.74) is 0.990. The quantitative estimate of drug-likeness (QED) is 0.697. The number of nitrogens with one attached hydrogen (secondary N) is 1. The van der Waals surface area contributed by atoms with Crippen LogP contribution in [0.25, 0.3) is 5.78 Å². The molecule has 2 aromatic rings. The van der Waals surface area contributed by atoms with Gasteiger partial charge in [0, 0.05) is 19.3 Å². The summed E-state index contributed by atoms with van der Waals surface area (Å²) < 4.78 is 7.38. The zero-order valence-corrected chi connectivity index (χ0v) is 8.13. The van der Waals surface area contributed by atoms with Gasteiger partial charge in [-0.2, -0.15) is 14.6 Å². The lowest BCUT2D eigenvalue weighted by Gasteiger charge is -2.23. The zero-order chi connectivity index (χ0) is 10.1. The number of hydrogen-bond donors (Lipinski definition) is 1. The lowest BCUT2D eigenvalue weighted by Crippen LogP contribution is -2.34. The van der Waals surface area contributed by atoms with Crippen molar-refractivity contribution in [3.63, 3.8) is 0 Å². The summed E-state index contributed by atoms with van der Waals surface area (Å²) in [6, 6.07) is 1.92. The normalized spacial score (nSPS) is 22.0. The Labute approximate surface area is 86.3 Å². The van der Waals surface area contributed by atoms with Crippen LogP contribution < -0.4 is 5.32 Å². The molecule has 0 aromatic carbocycles. The Bertz CT molecular complexity index is 462. The molecule has 1 aliphatic rings. The van der Waals surface area contributed by atoms with Crippen LogP contribution in [0.4, 0.5) is 0 Å². The van der Waals surface area contributed by atoms with Gasteiger partial charge in [0.05, 0.1) is 12.3 Å². The van der Waals surface area contributed by atoms with E-state index in [2.05, 4.69) is 20.4 Å². The van der Waals surface area contributed by atoms with Gasteiger partial charge >= 0.3 is 0 Å². The molecule has 6 nitrogen and oxygen atoms in total. The summed E-state index contributed by atoms with van der Waals surface area (Å²) >= 11 is 0. The molecular formula is C9H11N5O. The molecule has 15 heavy (non-hydrogen) atoms. The van der Waals surface area contributed by atoms with E-state index in [1.54, 1.807) is 10.7 Å². The highest BCUT2D eigenvalue weighted by Crippen LogP contribution is 2.17. The van der Waals surface area contributed by atoms with Crippen LogP contribution in [-0.2, 0) is 4.74 Å². The number of rotatable bonds is 1. The smallest absolute Gasteiger partial charge is 0.252 e. The van der Waals surface area contributed by atoms with E-state index in [1.807, 2.05) is 6.07 Å². The van der Waals surface area contributed by atoms with Crippen LogP contribution in [0.3, 0.4) is 0 Å². The van der Waals surface area contributed by atoms with Gasteiger partial charge in [-0.25, -0.2) is 4.98 Å². The highest BCUT2D eigenvalue weighted by atomic mass is 16.5. The molecule has 0 radical (unpaired) electrons. The van der Waals surface area contributed by atoms with E-state index in [-0.39, 0.29) is 6.10 Å². The molecule has 1 aliphatic heterocycles. The summed E-state index contributed by atoms with van der Waals surface area (Å²) in [5, 5.41) is 7.41. The average Bonchev–Trinajstić information content (AvgIpc) is 2.78. The van der Waals surface area contributed by atoms with Crippen LogP contribution in [0.5, 0.6) is 0 Å². The lowest BCUT2D eigenvalue weighted by molar-refractivity contribution is 0.0236. The molecule has 78 valence electrons. The Hall–Kier alpha value is -1.53. The van der Waals surface area contributed by atoms with Gasteiger partial charge in [-0.05, 0) is 6.07 Å². The molecule has 1 saturated heterocycles. The van der Waals surface area contributed by atoms with Crippen molar-refractivity contribution in [1.82, 2.24) is 24.9 Å². The van der Waals surface area contributed by atoms with E-state index >= 15 is 0 Å². The lowest BCUT2D eigenvalue weighted by atomic mass is 10.2. The molecule has 1 N–H and O–H groups in total. The second-order valence-electron chi connectivity index (χ2n) is 3.41. The zero-order valence-electron chi connectivity index (χ0n) is 8.13. The number of fused-ring (bicyclic) bond motifs is 1. The maximum Gasteiger partial charge on any atom is 0.252 e. The summed E-state index contributed by atoms with van der Waals surface area (Å²) in [5.74, 6) is 0.613. The van der Waals surface area contributed by atoms with Gasteiger partial charge in [-0.3, -0.25) is 0 Å². The van der Waals surface area contributed by atoms with Gasteiger partial charge in [-0.1, -0.05) is 0 Å². The molecule has 0 amide bonds. The first kappa shape index (κ1) is 8.75. The molecule has 3 heterocycles. The molecule has 2 aromatic heterocycles. The fourth-order valence-electron chi connectivity index (χ4n) is 1.76. The van der Waals surface area contributed by atoms with Crippen molar-refractivity contribution in [2.75, 3.05) is 19.7 Å². The second kappa shape index (κ2) is 3.56. The van der Waals surface area contributed by atoms with Gasteiger partial charge in [0.25, 0.3) is 5.78 Å². The minimum absolute atomic E-state index is 0.0333. The van der Waals surface area contributed by atoms with E-state index in [9.17, 15) is 0 Å². The topological polar surface area (TPSA) is 64.3 Å². The predicted molar refractivity (Wildman–Crippen MR) is 52.3 cm³/mol. The van der Waals surface area contributed by atoms with Gasteiger partial charge in [0.1, 0.15) is 12.4 Å². The number of hydrogen-bond acceptors (Lipinski definition) is 5. The standard InChI is InChI=1S/C9H11N5O/c1-2-11-9-12-6-13-14(9)7(1)8-5-10-3-4-15-8/h1-2,6,8,10H,3-5H2. The molecule has 0 spiro atoms. The third-order valence-corrected chi connectivity index (χ3v) is 2.47. The van der Waals surface area contributed by atoms with Crippen LogP contribution >= 0.6 is 0 Å². The Balaban J connectivity index is 2.05. The third-order valence-electron chi connectivity index (χ3n) is 2.47. The van der Waals surface area contributed by atoms with Crippen molar-refractivity contribution in [2.24, 2.45) is 0 Å². The molecule has 1 unspecified atom stereocenters. The first-order valence-corrected chi connectivity index (χ1v) is 4.92. The first-order valence-electron chi connectivity index (χ1n) is 4.92. The van der Waals surface area contributed by atoms with Crippen molar-refractivity contribution in [2.45, 2.75) is 6.10 Å². The molecule has 0 saturated carbocycles. The van der Waals surface area contributed by atoms with E-state index in [4.69, 9.17) is 4.74 Å². The van der Waals surface area contributed by atoms with Crippen LogP contribution in [0.1, 0.15) is 11.8 Å². The second-order valence-corrected chi connectivity index (χ2v) is 3.41. The highest BCUT2D eigenvalue weighted by molar-refractivity contribution is 5.27. The number of morpholine rings is 1. The Kier molecular flexibility index (Phi) is 2.08. The van der Waals surface area contributed by atoms with Gasteiger partial charge < -0.3 is 10.1 Å². The van der Waals surface area contributed by atoms with Crippen molar-refractivity contribution < 1.29 is 4.74 Å². The maximum absolute atomic E-state index is 5.66. The van der Waals surface area contributed by atoms with Crippen LogP contribution in [-0.4, -0.2) is 39.3 Å². The molecule has 1 atom stereocenters. The fourth-order valence-corrected chi connectivity index (χ4v) is 1.76. The fraction of sp³-hybridized carbons (Fsp3) is 0.444. The summed E-state index contributed by atoms with van der Waals surface area (Å²) in [7, 11) is 0. The van der Waals surface area contributed by atoms with Gasteiger partial charge in [-0.15, -0.1) is 0 Å². The van der Waals surface area contributed by atoms with Crippen molar-refractivity contribution in [1.29, 1.82) is 0 Å². The molecule has 0 bridgehead atoms. The number of nitrogens with zero attached hydrogens (tertiary/aromatic N) is 4. The van der Waals surface area contributed by atoms with Gasteiger partial charge in [0.15, 0.2) is 0 Å². The first-order chi connectivity index (χ1) is 7.45. The minimum atomic E-state index is 0.0333. The SMILES string of the molecule is c1cc(C2CNCCO2)n2ncnc2n1. The summed E-state index contributed by atoms with van der Waals surface area (Å²) in [6.45, 7) is 2.43. The molecule has 6 heteroatoms. The monoisotopic (exact) mass is 205 g/mol. The van der Waals surface area contributed by atoms with Crippen molar-refractivity contribution in [3.8, 4) is 0 Å². The maximum atomic E-state index is 5.66. The number of aromatic nitrogens is 4. The summed E-state index contributed by atoms with van der Waals surface area (Å²) in [4.78, 5) is 8.15. The molecule has 3 rings (SSSR count). The largest absolute Gasteiger partial charge is 0.369 e. The highest BCUT2D eigenvalue weighted by Gasteiger charge is 2.19. The average molecular weight is 205 g/mol. The van der Waals surface area contributed by atoms with E-state index in [1.165, 1.54) is 6.33 Å². The number of ether oxygens (including phenoxy) is 1. The van der Waals surface area contributed by atoms with Crippen LogP contribution in [0.2, 0.25) is 0 Å².